The highest BCUT2D eigenvalue weighted by atomic mass is 79.9. The van der Waals surface area contributed by atoms with Crippen molar-refractivity contribution < 1.29 is 9.15 Å². The van der Waals surface area contributed by atoms with Gasteiger partial charge in [-0.3, -0.25) is 0 Å². The van der Waals surface area contributed by atoms with Crippen LogP contribution in [0.3, 0.4) is 0 Å². The molecule has 0 radical (unpaired) electrons. The number of halogens is 2. The van der Waals surface area contributed by atoms with Gasteiger partial charge in [-0.1, -0.05) is 58.4 Å². The van der Waals surface area contributed by atoms with Gasteiger partial charge >= 0.3 is 0 Å². The zero-order valence-electron chi connectivity index (χ0n) is 12.7. The minimum absolute atomic E-state index is 0.820. The van der Waals surface area contributed by atoms with Crippen molar-refractivity contribution in [3.05, 3.63) is 64.6 Å². The van der Waals surface area contributed by atoms with Gasteiger partial charge in [-0.2, -0.15) is 0 Å². The molecule has 2 nitrogen and oxygen atoms in total. The first-order valence-corrected chi connectivity index (χ1v) is 9.23. The van der Waals surface area contributed by atoms with Crippen molar-refractivity contribution in [3.8, 4) is 28.4 Å². The standard InChI is InChI=1S/C19H16Br2O2/c1-22-15-9-5-8-14(12-15)18-16(10-11-20)17(21)19(23-18)13-6-3-2-4-7-13/h2-9,12H,10-11H2,1H3. The van der Waals surface area contributed by atoms with Crippen molar-refractivity contribution in [2.75, 3.05) is 12.4 Å². The van der Waals surface area contributed by atoms with E-state index in [1.165, 1.54) is 0 Å². The lowest BCUT2D eigenvalue weighted by Gasteiger charge is -2.04. The van der Waals surface area contributed by atoms with Crippen LogP contribution >= 0.6 is 31.9 Å². The topological polar surface area (TPSA) is 22.4 Å². The molecule has 1 heterocycles. The van der Waals surface area contributed by atoms with Gasteiger partial charge in [0.05, 0.1) is 11.6 Å². The fourth-order valence-corrected chi connectivity index (χ4v) is 3.62. The van der Waals surface area contributed by atoms with Crippen LogP contribution in [0.2, 0.25) is 0 Å². The third-order valence-electron chi connectivity index (χ3n) is 3.65. The molecule has 0 saturated heterocycles. The van der Waals surface area contributed by atoms with Gasteiger partial charge in [0, 0.05) is 22.0 Å². The highest BCUT2D eigenvalue weighted by Gasteiger charge is 2.20. The number of rotatable bonds is 5. The molecule has 0 unspecified atom stereocenters. The smallest absolute Gasteiger partial charge is 0.149 e. The predicted molar refractivity (Wildman–Crippen MR) is 101 cm³/mol. The molecule has 0 fully saturated rings. The normalized spacial score (nSPS) is 10.7. The molecule has 3 aromatic rings. The second-order valence-electron chi connectivity index (χ2n) is 5.09. The maximum Gasteiger partial charge on any atom is 0.149 e. The predicted octanol–water partition coefficient (Wildman–Crippen LogP) is 6.32. The Bertz CT molecular complexity index is 794. The lowest BCUT2D eigenvalue weighted by molar-refractivity contribution is 0.415. The zero-order chi connectivity index (χ0) is 16.2. The summed E-state index contributed by atoms with van der Waals surface area (Å²) in [6.45, 7) is 0. The molecule has 0 aliphatic carbocycles. The fraction of sp³-hybridized carbons (Fsp3) is 0.158. The Balaban J connectivity index is 2.16. The van der Waals surface area contributed by atoms with Crippen molar-refractivity contribution in [1.29, 1.82) is 0 Å². The molecule has 0 spiro atoms. The van der Waals surface area contributed by atoms with Crippen LogP contribution in [0.4, 0.5) is 0 Å². The average molecular weight is 436 g/mol. The molecule has 0 aliphatic heterocycles. The first-order chi connectivity index (χ1) is 11.2. The Morgan fingerprint density at radius 2 is 1.70 bits per heavy atom. The van der Waals surface area contributed by atoms with Crippen LogP contribution in [0.5, 0.6) is 5.75 Å². The third-order valence-corrected chi connectivity index (χ3v) is 4.89. The molecule has 0 amide bonds. The number of hydrogen-bond donors (Lipinski definition) is 0. The van der Waals surface area contributed by atoms with Crippen molar-refractivity contribution >= 4 is 31.9 Å². The average Bonchev–Trinajstić information content (AvgIpc) is 2.93. The first kappa shape index (κ1) is 16.3. The molecule has 0 aliphatic rings. The summed E-state index contributed by atoms with van der Waals surface area (Å²) in [6, 6.07) is 18.1. The summed E-state index contributed by atoms with van der Waals surface area (Å²) in [6.07, 6.45) is 0.878. The minimum Gasteiger partial charge on any atom is -0.497 e. The van der Waals surface area contributed by atoms with E-state index in [-0.39, 0.29) is 0 Å². The molecule has 118 valence electrons. The summed E-state index contributed by atoms with van der Waals surface area (Å²) in [5, 5.41) is 0.871. The molecule has 0 atom stereocenters. The number of hydrogen-bond acceptors (Lipinski definition) is 2. The molecule has 4 heteroatoms. The molecule has 23 heavy (non-hydrogen) atoms. The van der Waals surface area contributed by atoms with Crippen LogP contribution in [0.15, 0.2) is 63.5 Å². The molecule has 0 bridgehead atoms. The lowest BCUT2D eigenvalue weighted by Crippen LogP contribution is -1.89. The minimum atomic E-state index is 0.820. The second kappa shape index (κ2) is 7.37. The van der Waals surface area contributed by atoms with E-state index in [1.807, 2.05) is 42.5 Å². The van der Waals surface area contributed by atoms with E-state index in [4.69, 9.17) is 9.15 Å². The largest absolute Gasteiger partial charge is 0.497 e. The summed E-state index contributed by atoms with van der Waals surface area (Å²) in [7, 11) is 1.67. The second-order valence-corrected chi connectivity index (χ2v) is 6.68. The van der Waals surface area contributed by atoms with E-state index in [2.05, 4.69) is 44.0 Å². The Morgan fingerprint density at radius 1 is 0.957 bits per heavy atom. The lowest BCUT2D eigenvalue weighted by atomic mass is 10.1. The number of alkyl halides is 1. The van der Waals surface area contributed by atoms with Crippen molar-refractivity contribution in [1.82, 2.24) is 0 Å². The van der Waals surface area contributed by atoms with Crippen LogP contribution in [-0.2, 0) is 6.42 Å². The Hall–Kier alpha value is -1.52. The van der Waals surface area contributed by atoms with Crippen LogP contribution in [0.1, 0.15) is 5.56 Å². The summed E-state index contributed by atoms with van der Waals surface area (Å²) in [5.74, 6) is 2.56. The van der Waals surface area contributed by atoms with E-state index < -0.39 is 0 Å². The summed E-state index contributed by atoms with van der Waals surface area (Å²) >= 11 is 7.26. The monoisotopic (exact) mass is 434 g/mol. The molecule has 0 N–H and O–H groups in total. The van der Waals surface area contributed by atoms with E-state index in [0.29, 0.717) is 0 Å². The Morgan fingerprint density at radius 3 is 2.39 bits per heavy atom. The molecule has 3 rings (SSSR count). The van der Waals surface area contributed by atoms with E-state index >= 15 is 0 Å². The van der Waals surface area contributed by atoms with Gasteiger partial charge in [-0.15, -0.1) is 0 Å². The van der Waals surface area contributed by atoms with Gasteiger partial charge in [0.1, 0.15) is 17.3 Å². The van der Waals surface area contributed by atoms with Crippen LogP contribution in [0.25, 0.3) is 22.6 Å². The molecular formula is C19H16Br2O2. The van der Waals surface area contributed by atoms with E-state index in [0.717, 1.165) is 50.2 Å². The summed E-state index contributed by atoms with van der Waals surface area (Å²) in [5.41, 5.74) is 3.24. The maximum atomic E-state index is 6.25. The number of benzene rings is 2. The Labute approximate surface area is 152 Å². The van der Waals surface area contributed by atoms with E-state index in [9.17, 15) is 0 Å². The highest BCUT2D eigenvalue weighted by molar-refractivity contribution is 9.10. The maximum absolute atomic E-state index is 6.25. The number of ether oxygens (including phenoxy) is 1. The number of methoxy groups -OCH3 is 1. The fourth-order valence-electron chi connectivity index (χ4n) is 2.54. The van der Waals surface area contributed by atoms with Crippen molar-refractivity contribution in [3.63, 3.8) is 0 Å². The van der Waals surface area contributed by atoms with Gasteiger partial charge in [-0.05, 0) is 34.5 Å². The summed E-state index contributed by atoms with van der Waals surface area (Å²) < 4.78 is 12.6. The van der Waals surface area contributed by atoms with Crippen molar-refractivity contribution in [2.24, 2.45) is 0 Å². The van der Waals surface area contributed by atoms with Crippen LogP contribution < -0.4 is 4.74 Å². The van der Waals surface area contributed by atoms with Gasteiger partial charge < -0.3 is 9.15 Å². The SMILES string of the molecule is COc1cccc(-c2oc(-c3ccccc3)c(Br)c2CCBr)c1. The number of furan rings is 1. The van der Waals surface area contributed by atoms with Crippen molar-refractivity contribution in [2.45, 2.75) is 6.42 Å². The molecule has 2 aromatic carbocycles. The first-order valence-electron chi connectivity index (χ1n) is 7.31. The van der Waals surface area contributed by atoms with Gasteiger partial charge in [0.15, 0.2) is 0 Å². The third kappa shape index (κ3) is 3.38. The molecule has 0 saturated carbocycles. The van der Waals surface area contributed by atoms with E-state index in [1.54, 1.807) is 7.11 Å². The van der Waals surface area contributed by atoms with Gasteiger partial charge in [-0.25, -0.2) is 0 Å². The Kier molecular flexibility index (Phi) is 5.23. The quantitative estimate of drug-likeness (QED) is 0.437. The zero-order valence-corrected chi connectivity index (χ0v) is 15.9. The highest BCUT2D eigenvalue weighted by Crippen LogP contribution is 2.41. The van der Waals surface area contributed by atoms with Crippen LogP contribution in [0, 0.1) is 0 Å². The molecular weight excluding hydrogens is 420 g/mol. The van der Waals surface area contributed by atoms with Crippen LogP contribution in [-0.4, -0.2) is 12.4 Å². The van der Waals surface area contributed by atoms with Gasteiger partial charge in [0.2, 0.25) is 0 Å². The summed E-state index contributed by atoms with van der Waals surface area (Å²) in [4.78, 5) is 0. The molecule has 1 aromatic heterocycles. The van der Waals surface area contributed by atoms with Gasteiger partial charge in [0.25, 0.3) is 0 Å².